The summed E-state index contributed by atoms with van der Waals surface area (Å²) in [6.45, 7) is 4.70. The standard InChI is InChI=1S/C22H27N5O/c1-13-8-14(2)27(24-13)22(28)23-16-10-18-17-6-5-7-19-21(17)15(11-25(19)3)9-20(18)26(4)12-16/h5-8,11,16,18,20H,9-10,12H2,1-4H3,(H,23,28)/t16-,18-,20+/m1/s1. The number of likely N-dealkylation sites (N-methyl/N-ethyl adjacent to an activating group) is 1. The van der Waals surface area contributed by atoms with E-state index in [4.69, 9.17) is 0 Å². The zero-order chi connectivity index (χ0) is 19.6. The third-order valence-electron chi connectivity index (χ3n) is 6.56. The van der Waals surface area contributed by atoms with Gasteiger partial charge in [0.2, 0.25) is 0 Å². The summed E-state index contributed by atoms with van der Waals surface area (Å²) in [5, 5.41) is 8.98. The molecule has 146 valence electrons. The van der Waals surface area contributed by atoms with Crippen molar-refractivity contribution >= 4 is 16.9 Å². The molecule has 1 fully saturated rings. The van der Waals surface area contributed by atoms with Gasteiger partial charge in [0.05, 0.1) is 5.69 Å². The summed E-state index contributed by atoms with van der Waals surface area (Å²) in [6, 6.07) is 9.06. The Hall–Kier alpha value is -2.60. The van der Waals surface area contributed by atoms with E-state index in [9.17, 15) is 4.79 Å². The largest absolute Gasteiger partial charge is 0.350 e. The van der Waals surface area contributed by atoms with Gasteiger partial charge >= 0.3 is 6.03 Å². The summed E-state index contributed by atoms with van der Waals surface area (Å²) in [5.74, 6) is 0.433. The van der Waals surface area contributed by atoms with Crippen LogP contribution < -0.4 is 5.32 Å². The zero-order valence-corrected chi connectivity index (χ0v) is 16.9. The number of aromatic nitrogens is 3. The molecule has 6 nitrogen and oxygen atoms in total. The number of hydrogen-bond acceptors (Lipinski definition) is 3. The van der Waals surface area contributed by atoms with E-state index in [-0.39, 0.29) is 12.1 Å². The summed E-state index contributed by atoms with van der Waals surface area (Å²) >= 11 is 0. The number of nitrogens with one attached hydrogen (secondary N) is 1. The van der Waals surface area contributed by atoms with Gasteiger partial charge in [0, 0.05) is 54.4 Å². The van der Waals surface area contributed by atoms with E-state index in [0.29, 0.717) is 12.0 Å². The van der Waals surface area contributed by atoms with Crippen molar-refractivity contribution in [1.29, 1.82) is 0 Å². The number of nitrogens with zero attached hydrogens (tertiary/aromatic N) is 4. The Labute approximate surface area is 165 Å². The molecule has 1 amide bonds. The second kappa shape index (κ2) is 6.21. The van der Waals surface area contributed by atoms with Gasteiger partial charge in [0.15, 0.2) is 0 Å². The molecule has 3 atom stereocenters. The molecule has 28 heavy (non-hydrogen) atoms. The summed E-state index contributed by atoms with van der Waals surface area (Å²) < 4.78 is 3.73. The number of piperidine rings is 1. The molecule has 0 unspecified atom stereocenters. The lowest BCUT2D eigenvalue weighted by Crippen LogP contribution is -2.55. The molecular formula is C22H27N5O. The number of rotatable bonds is 1. The lowest BCUT2D eigenvalue weighted by Gasteiger charge is -2.45. The quantitative estimate of drug-likeness (QED) is 0.709. The van der Waals surface area contributed by atoms with Crippen molar-refractivity contribution in [3.63, 3.8) is 0 Å². The maximum atomic E-state index is 12.8. The molecule has 1 saturated heterocycles. The van der Waals surface area contributed by atoms with Gasteiger partial charge < -0.3 is 14.8 Å². The summed E-state index contributed by atoms with van der Waals surface area (Å²) in [6.07, 6.45) is 4.33. The lowest BCUT2D eigenvalue weighted by atomic mass is 9.74. The fourth-order valence-electron chi connectivity index (χ4n) is 5.39. The smallest absolute Gasteiger partial charge is 0.342 e. The first kappa shape index (κ1) is 17.5. The third kappa shape index (κ3) is 2.58. The van der Waals surface area contributed by atoms with Gasteiger partial charge in [-0.15, -0.1) is 0 Å². The van der Waals surface area contributed by atoms with Crippen LogP contribution >= 0.6 is 0 Å². The molecule has 2 aliphatic rings. The van der Waals surface area contributed by atoms with Crippen LogP contribution in [0, 0.1) is 13.8 Å². The molecule has 0 saturated carbocycles. The molecule has 1 N–H and O–H groups in total. The minimum absolute atomic E-state index is 0.114. The van der Waals surface area contributed by atoms with Crippen molar-refractivity contribution in [3.8, 4) is 0 Å². The Balaban J connectivity index is 1.45. The summed E-state index contributed by atoms with van der Waals surface area (Å²) in [7, 11) is 4.32. The van der Waals surface area contributed by atoms with Gasteiger partial charge in [-0.25, -0.2) is 4.79 Å². The van der Waals surface area contributed by atoms with Crippen LogP contribution in [-0.4, -0.2) is 51.0 Å². The van der Waals surface area contributed by atoms with Gasteiger partial charge in [-0.1, -0.05) is 12.1 Å². The van der Waals surface area contributed by atoms with E-state index in [1.54, 1.807) is 0 Å². The molecule has 0 spiro atoms. The number of amides is 1. The van der Waals surface area contributed by atoms with E-state index >= 15 is 0 Å². The van der Waals surface area contributed by atoms with Gasteiger partial charge in [0.25, 0.3) is 0 Å². The second-order valence-corrected chi connectivity index (χ2v) is 8.55. The van der Waals surface area contributed by atoms with E-state index in [2.05, 4.69) is 58.4 Å². The summed E-state index contributed by atoms with van der Waals surface area (Å²) in [4.78, 5) is 15.2. The second-order valence-electron chi connectivity index (χ2n) is 8.55. The zero-order valence-electron chi connectivity index (χ0n) is 16.9. The number of carbonyl (C=O) groups excluding carboxylic acids is 1. The fraction of sp³-hybridized carbons (Fsp3) is 0.455. The molecule has 0 radical (unpaired) electrons. The van der Waals surface area contributed by atoms with Gasteiger partial charge in [-0.2, -0.15) is 9.78 Å². The fourth-order valence-corrected chi connectivity index (χ4v) is 5.39. The van der Waals surface area contributed by atoms with Crippen LogP contribution in [0.2, 0.25) is 0 Å². The van der Waals surface area contributed by atoms with E-state index < -0.39 is 0 Å². The highest BCUT2D eigenvalue weighted by molar-refractivity contribution is 5.89. The Kier molecular flexibility index (Phi) is 3.88. The Morgan fingerprint density at radius 2 is 2.07 bits per heavy atom. The normalized spacial score (nSPS) is 24.4. The molecule has 2 aromatic heterocycles. The van der Waals surface area contributed by atoms with Crippen LogP contribution in [0.15, 0.2) is 30.5 Å². The highest BCUT2D eigenvalue weighted by Gasteiger charge is 2.40. The molecule has 1 aliphatic heterocycles. The van der Waals surface area contributed by atoms with Gasteiger partial charge in [0.1, 0.15) is 0 Å². The average Bonchev–Trinajstić information content (AvgIpc) is 3.16. The van der Waals surface area contributed by atoms with Crippen molar-refractivity contribution in [2.75, 3.05) is 13.6 Å². The first-order valence-corrected chi connectivity index (χ1v) is 10.0. The predicted octanol–water partition coefficient (Wildman–Crippen LogP) is 2.96. The number of fused-ring (bicyclic) bond motifs is 2. The first-order chi connectivity index (χ1) is 13.4. The van der Waals surface area contributed by atoms with Crippen LogP contribution in [-0.2, 0) is 13.5 Å². The number of benzene rings is 1. The SMILES string of the molecule is Cc1cc(C)n(C(=O)N[C@@H]2C[C@@H]3c4cccc5c4c(cn5C)C[C@@H]3N(C)C2)n1. The van der Waals surface area contributed by atoms with Crippen LogP contribution in [0.1, 0.15) is 34.9 Å². The molecule has 1 aromatic carbocycles. The molecule has 5 rings (SSSR count). The third-order valence-corrected chi connectivity index (χ3v) is 6.56. The van der Waals surface area contributed by atoms with E-state index in [0.717, 1.165) is 30.8 Å². The molecular weight excluding hydrogens is 350 g/mol. The first-order valence-electron chi connectivity index (χ1n) is 10.0. The maximum Gasteiger partial charge on any atom is 0.342 e. The Morgan fingerprint density at radius 1 is 1.25 bits per heavy atom. The van der Waals surface area contributed by atoms with Crippen molar-refractivity contribution < 1.29 is 4.79 Å². The van der Waals surface area contributed by atoms with Gasteiger partial charge in [-0.05, 0) is 57.0 Å². The molecule has 0 bridgehead atoms. The highest BCUT2D eigenvalue weighted by Crippen LogP contribution is 2.43. The van der Waals surface area contributed by atoms with Gasteiger partial charge in [-0.3, -0.25) is 0 Å². The van der Waals surface area contributed by atoms with Crippen LogP contribution in [0.3, 0.4) is 0 Å². The number of carbonyl (C=O) groups is 1. The molecule has 6 heteroatoms. The van der Waals surface area contributed by atoms with Crippen LogP contribution in [0.5, 0.6) is 0 Å². The number of hydrogen-bond donors (Lipinski definition) is 1. The number of likely N-dealkylation sites (tertiary alicyclic amines) is 1. The van der Waals surface area contributed by atoms with Crippen molar-refractivity contribution in [2.24, 2.45) is 7.05 Å². The molecule has 1 aliphatic carbocycles. The van der Waals surface area contributed by atoms with Crippen molar-refractivity contribution in [3.05, 3.63) is 53.0 Å². The van der Waals surface area contributed by atoms with Crippen molar-refractivity contribution in [1.82, 2.24) is 24.6 Å². The lowest BCUT2D eigenvalue weighted by molar-refractivity contribution is 0.128. The van der Waals surface area contributed by atoms with Crippen molar-refractivity contribution in [2.45, 2.75) is 44.7 Å². The van der Waals surface area contributed by atoms with E-state index in [1.165, 1.54) is 26.7 Å². The van der Waals surface area contributed by atoms with Crippen LogP contribution in [0.25, 0.3) is 10.9 Å². The van der Waals surface area contributed by atoms with E-state index in [1.807, 2.05) is 19.9 Å². The Bertz CT molecular complexity index is 1080. The monoisotopic (exact) mass is 377 g/mol. The number of aryl methyl sites for hydroxylation is 3. The molecule has 3 aromatic rings. The topological polar surface area (TPSA) is 55.1 Å². The minimum Gasteiger partial charge on any atom is -0.350 e. The highest BCUT2D eigenvalue weighted by atomic mass is 16.2. The van der Waals surface area contributed by atoms with Crippen LogP contribution in [0.4, 0.5) is 4.79 Å². The molecule has 3 heterocycles. The minimum atomic E-state index is -0.128. The Morgan fingerprint density at radius 3 is 2.82 bits per heavy atom. The maximum absolute atomic E-state index is 12.8. The summed E-state index contributed by atoms with van der Waals surface area (Å²) in [5.41, 5.74) is 5.92. The average molecular weight is 377 g/mol. The predicted molar refractivity (Wildman–Crippen MR) is 110 cm³/mol.